The van der Waals surface area contributed by atoms with Gasteiger partial charge in [0.1, 0.15) is 10.6 Å². The van der Waals surface area contributed by atoms with E-state index in [2.05, 4.69) is 0 Å². The maximum absolute atomic E-state index is 11.9. The number of rotatable bonds is 4. The number of anilines is 1. The van der Waals surface area contributed by atoms with Crippen molar-refractivity contribution in [2.75, 3.05) is 18.6 Å². The third-order valence-corrected chi connectivity index (χ3v) is 3.91. The lowest BCUT2D eigenvalue weighted by Gasteiger charge is -2.11. The molecule has 0 bridgehead atoms. The molecule has 0 fully saturated rings. The quantitative estimate of drug-likeness (QED) is 0.751. The van der Waals surface area contributed by atoms with Crippen LogP contribution in [0, 0.1) is 0 Å². The molecule has 1 aromatic rings. The van der Waals surface area contributed by atoms with Crippen LogP contribution in [0.5, 0.6) is 5.75 Å². The molecule has 1 rings (SSSR count). The summed E-state index contributed by atoms with van der Waals surface area (Å²) in [6, 6.07) is 4.30. The van der Waals surface area contributed by atoms with E-state index in [-0.39, 0.29) is 16.4 Å². The fourth-order valence-corrected chi connectivity index (χ4v) is 2.89. The van der Waals surface area contributed by atoms with E-state index in [1.54, 1.807) is 0 Å². The molecule has 0 aliphatic carbocycles. The molecule has 1 unspecified atom stereocenters. The Morgan fingerprint density at radius 2 is 2.12 bits per heavy atom. The number of hydrogen-bond donors (Lipinski definition) is 2. The lowest BCUT2D eigenvalue weighted by Crippen LogP contribution is -2.18. The number of nitrogens with two attached hydrogens (primary N) is 1. The summed E-state index contributed by atoms with van der Waals surface area (Å²) in [4.78, 5) is 0.0464. The van der Waals surface area contributed by atoms with E-state index in [0.29, 0.717) is 5.69 Å². The van der Waals surface area contributed by atoms with Crippen LogP contribution >= 0.6 is 0 Å². The summed E-state index contributed by atoms with van der Waals surface area (Å²) in [5.41, 5.74) is 5.95. The van der Waals surface area contributed by atoms with Crippen molar-refractivity contribution in [3.8, 4) is 5.75 Å². The van der Waals surface area contributed by atoms with E-state index < -0.39 is 15.9 Å². The summed E-state index contributed by atoms with van der Waals surface area (Å²) < 4.78 is 28.7. The van der Waals surface area contributed by atoms with Crippen LogP contribution < -0.4 is 10.5 Å². The average molecular weight is 245 g/mol. The maximum Gasteiger partial charge on any atom is 0.184 e. The molecular formula is C10H15NO4S. The monoisotopic (exact) mass is 245 g/mol. The summed E-state index contributed by atoms with van der Waals surface area (Å²) in [6.45, 7) is 1.42. The molecule has 6 heteroatoms. The Morgan fingerprint density at radius 3 is 2.62 bits per heavy atom. The van der Waals surface area contributed by atoms with Gasteiger partial charge in [-0.3, -0.25) is 0 Å². The van der Waals surface area contributed by atoms with Gasteiger partial charge in [-0.2, -0.15) is 0 Å². The summed E-state index contributed by atoms with van der Waals surface area (Å²) in [6.07, 6.45) is -0.924. The molecule has 16 heavy (non-hydrogen) atoms. The van der Waals surface area contributed by atoms with Crippen molar-refractivity contribution in [3.63, 3.8) is 0 Å². The lowest BCUT2D eigenvalue weighted by atomic mass is 10.3. The number of aliphatic hydroxyl groups is 1. The molecule has 0 spiro atoms. The van der Waals surface area contributed by atoms with Crippen LogP contribution in [0.25, 0.3) is 0 Å². The summed E-state index contributed by atoms with van der Waals surface area (Å²) in [5.74, 6) is -0.145. The third kappa shape index (κ3) is 2.86. The smallest absolute Gasteiger partial charge is 0.184 e. The minimum Gasteiger partial charge on any atom is -0.495 e. The molecule has 90 valence electrons. The van der Waals surface area contributed by atoms with E-state index >= 15 is 0 Å². The number of methoxy groups -OCH3 is 1. The first-order valence-electron chi connectivity index (χ1n) is 4.71. The highest BCUT2D eigenvalue weighted by molar-refractivity contribution is 7.91. The zero-order valence-electron chi connectivity index (χ0n) is 9.17. The van der Waals surface area contributed by atoms with Crippen molar-refractivity contribution in [1.29, 1.82) is 0 Å². The highest BCUT2D eigenvalue weighted by Crippen LogP contribution is 2.27. The molecule has 0 heterocycles. The lowest BCUT2D eigenvalue weighted by molar-refractivity contribution is 0.218. The van der Waals surface area contributed by atoms with Gasteiger partial charge in [0.05, 0.1) is 19.0 Å². The number of nitrogen functional groups attached to an aromatic ring is 1. The zero-order chi connectivity index (χ0) is 12.3. The van der Waals surface area contributed by atoms with E-state index in [0.717, 1.165) is 0 Å². The Labute approximate surface area is 94.8 Å². The number of benzene rings is 1. The summed E-state index contributed by atoms with van der Waals surface area (Å²) >= 11 is 0. The second-order valence-electron chi connectivity index (χ2n) is 3.54. The first kappa shape index (κ1) is 12.8. The van der Waals surface area contributed by atoms with E-state index in [1.165, 1.54) is 32.2 Å². The highest BCUT2D eigenvalue weighted by atomic mass is 32.2. The summed E-state index contributed by atoms with van der Waals surface area (Å²) in [7, 11) is -2.18. The SMILES string of the molecule is COc1cc(N)ccc1S(=O)(=O)CC(C)O. The number of sulfone groups is 1. The van der Waals surface area contributed by atoms with Crippen LogP contribution in [0.4, 0.5) is 5.69 Å². The molecule has 1 atom stereocenters. The van der Waals surface area contributed by atoms with E-state index in [4.69, 9.17) is 15.6 Å². The molecule has 0 amide bonds. The van der Waals surface area contributed by atoms with Crippen molar-refractivity contribution in [2.24, 2.45) is 0 Å². The molecule has 0 saturated carbocycles. The van der Waals surface area contributed by atoms with Gasteiger partial charge in [0.2, 0.25) is 0 Å². The minimum atomic E-state index is -3.55. The third-order valence-electron chi connectivity index (χ3n) is 1.98. The normalized spacial score (nSPS) is 13.4. The van der Waals surface area contributed by atoms with Gasteiger partial charge in [-0.05, 0) is 19.1 Å². The zero-order valence-corrected chi connectivity index (χ0v) is 9.99. The first-order valence-corrected chi connectivity index (χ1v) is 6.36. The largest absolute Gasteiger partial charge is 0.495 e. The Morgan fingerprint density at radius 1 is 1.50 bits per heavy atom. The number of ether oxygens (including phenoxy) is 1. The van der Waals surface area contributed by atoms with Gasteiger partial charge in [0.15, 0.2) is 9.84 Å². The van der Waals surface area contributed by atoms with Crippen LogP contribution in [0.3, 0.4) is 0 Å². The van der Waals surface area contributed by atoms with Crippen LogP contribution in [-0.2, 0) is 9.84 Å². The highest BCUT2D eigenvalue weighted by Gasteiger charge is 2.21. The average Bonchev–Trinajstić information content (AvgIpc) is 2.15. The van der Waals surface area contributed by atoms with Crippen LogP contribution in [0.2, 0.25) is 0 Å². The molecule has 0 aliphatic rings. The topological polar surface area (TPSA) is 89.6 Å². The van der Waals surface area contributed by atoms with E-state index in [9.17, 15) is 8.42 Å². The minimum absolute atomic E-state index is 0.0464. The fourth-order valence-electron chi connectivity index (χ4n) is 1.35. The molecular weight excluding hydrogens is 230 g/mol. The second-order valence-corrected chi connectivity index (χ2v) is 5.54. The first-order chi connectivity index (χ1) is 7.36. The van der Waals surface area contributed by atoms with Gasteiger partial charge in [-0.1, -0.05) is 0 Å². The second kappa shape index (κ2) is 4.71. The van der Waals surface area contributed by atoms with Gasteiger partial charge in [0, 0.05) is 11.8 Å². The predicted octanol–water partition coefficient (Wildman–Crippen LogP) is 0.432. The van der Waals surface area contributed by atoms with Gasteiger partial charge in [0.25, 0.3) is 0 Å². The van der Waals surface area contributed by atoms with Gasteiger partial charge in [-0.15, -0.1) is 0 Å². The Bertz CT molecular complexity index is 468. The molecule has 5 nitrogen and oxygen atoms in total. The predicted molar refractivity (Wildman–Crippen MR) is 61.1 cm³/mol. The van der Waals surface area contributed by atoms with E-state index in [1.807, 2.05) is 0 Å². The molecule has 0 saturated heterocycles. The Kier molecular flexibility index (Phi) is 3.77. The number of aliphatic hydroxyl groups excluding tert-OH is 1. The maximum atomic E-state index is 11.9. The molecule has 3 N–H and O–H groups in total. The number of hydrogen-bond acceptors (Lipinski definition) is 5. The molecule has 0 aromatic heterocycles. The fraction of sp³-hybridized carbons (Fsp3) is 0.400. The van der Waals surface area contributed by atoms with Crippen molar-refractivity contribution >= 4 is 15.5 Å². The van der Waals surface area contributed by atoms with Gasteiger partial charge >= 0.3 is 0 Å². The van der Waals surface area contributed by atoms with Crippen LogP contribution in [-0.4, -0.2) is 32.5 Å². The van der Waals surface area contributed by atoms with Crippen molar-refractivity contribution < 1.29 is 18.3 Å². The van der Waals surface area contributed by atoms with Crippen LogP contribution in [0.15, 0.2) is 23.1 Å². The Balaban J connectivity index is 3.22. The van der Waals surface area contributed by atoms with Gasteiger partial charge < -0.3 is 15.6 Å². The molecule has 0 radical (unpaired) electrons. The standard InChI is InChI=1S/C10H15NO4S/c1-7(12)6-16(13,14)10-4-3-8(11)5-9(10)15-2/h3-5,7,12H,6,11H2,1-2H3. The molecule has 0 aliphatic heterocycles. The van der Waals surface area contributed by atoms with Crippen LogP contribution in [0.1, 0.15) is 6.92 Å². The van der Waals surface area contributed by atoms with Crippen molar-refractivity contribution in [2.45, 2.75) is 17.9 Å². The summed E-state index contributed by atoms with van der Waals surface area (Å²) in [5, 5.41) is 9.12. The van der Waals surface area contributed by atoms with Crippen molar-refractivity contribution in [3.05, 3.63) is 18.2 Å². The van der Waals surface area contributed by atoms with Crippen molar-refractivity contribution in [1.82, 2.24) is 0 Å². The molecule has 1 aromatic carbocycles. The van der Waals surface area contributed by atoms with Gasteiger partial charge in [-0.25, -0.2) is 8.42 Å². The Hall–Kier alpha value is -1.27.